The van der Waals surface area contributed by atoms with Gasteiger partial charge in [0, 0.05) is 7.11 Å². The monoisotopic (exact) mass is 322 g/mol. The average molecular weight is 322 g/mol. The zero-order valence-electron chi connectivity index (χ0n) is 13.3. The van der Waals surface area contributed by atoms with Crippen LogP contribution in [0.4, 0.5) is 0 Å². The molecule has 0 aliphatic heterocycles. The summed E-state index contributed by atoms with van der Waals surface area (Å²) < 4.78 is 6.98. The number of nitrogens with zero attached hydrogens (tertiary/aromatic N) is 3. The van der Waals surface area contributed by atoms with Crippen LogP contribution in [-0.2, 0) is 16.1 Å². The number of hydrogen-bond acceptors (Lipinski definition) is 4. The minimum absolute atomic E-state index is 0.210. The smallest absolute Gasteiger partial charge is 0.254 e. The molecule has 2 aromatic carbocycles. The zero-order chi connectivity index (χ0) is 16.8. The van der Waals surface area contributed by atoms with Gasteiger partial charge in [-0.2, -0.15) is 0 Å². The van der Waals surface area contributed by atoms with E-state index < -0.39 is 6.10 Å². The number of hydrogen-bond donors (Lipinski definition) is 1. The topological polar surface area (TPSA) is 69.0 Å². The number of ether oxygens (including phenoxy) is 1. The molecule has 1 amide bonds. The van der Waals surface area contributed by atoms with Gasteiger partial charge in [-0.3, -0.25) is 4.79 Å². The van der Waals surface area contributed by atoms with E-state index in [0.29, 0.717) is 12.2 Å². The van der Waals surface area contributed by atoms with Crippen LogP contribution in [0.1, 0.15) is 17.4 Å². The lowest BCUT2D eigenvalue weighted by molar-refractivity contribution is -0.131. The fourth-order valence-corrected chi connectivity index (χ4v) is 2.38. The maximum Gasteiger partial charge on any atom is 0.254 e. The van der Waals surface area contributed by atoms with Crippen LogP contribution in [-0.4, -0.2) is 28.0 Å². The number of carbonyl (C=O) groups is 1. The lowest BCUT2D eigenvalue weighted by atomic mass is 10.1. The molecule has 1 atom stereocenters. The van der Waals surface area contributed by atoms with Crippen molar-refractivity contribution in [2.24, 2.45) is 0 Å². The van der Waals surface area contributed by atoms with E-state index in [1.807, 2.05) is 60.7 Å². The minimum atomic E-state index is -0.643. The molecule has 3 rings (SSSR count). The molecule has 0 bridgehead atoms. The van der Waals surface area contributed by atoms with Crippen LogP contribution in [0, 0.1) is 0 Å². The highest BCUT2D eigenvalue weighted by Gasteiger charge is 2.19. The van der Waals surface area contributed by atoms with Crippen LogP contribution < -0.4 is 5.32 Å². The summed E-state index contributed by atoms with van der Waals surface area (Å²) in [5.74, 6) is -0.210. The lowest BCUT2D eigenvalue weighted by Gasteiger charge is -2.14. The molecule has 0 radical (unpaired) electrons. The summed E-state index contributed by atoms with van der Waals surface area (Å²) in [5.41, 5.74) is 2.40. The third-order valence-corrected chi connectivity index (χ3v) is 3.58. The second-order valence-electron chi connectivity index (χ2n) is 5.23. The molecule has 0 saturated heterocycles. The first-order chi connectivity index (χ1) is 11.8. The Hall–Kier alpha value is -2.99. The summed E-state index contributed by atoms with van der Waals surface area (Å²) in [5, 5.41) is 11.0. The summed E-state index contributed by atoms with van der Waals surface area (Å²) in [4.78, 5) is 12.3. The van der Waals surface area contributed by atoms with E-state index in [0.717, 1.165) is 11.3 Å². The van der Waals surface area contributed by atoms with Gasteiger partial charge < -0.3 is 10.1 Å². The van der Waals surface area contributed by atoms with Crippen molar-refractivity contribution in [1.82, 2.24) is 20.3 Å². The maximum absolute atomic E-state index is 12.3. The molecule has 1 N–H and O–H groups in total. The van der Waals surface area contributed by atoms with E-state index in [9.17, 15) is 4.79 Å². The highest BCUT2D eigenvalue weighted by atomic mass is 16.5. The Balaban J connectivity index is 1.63. The first-order valence-electron chi connectivity index (χ1n) is 7.60. The van der Waals surface area contributed by atoms with E-state index in [2.05, 4.69) is 15.6 Å². The summed E-state index contributed by atoms with van der Waals surface area (Å²) in [6.07, 6.45) is 1.15. The van der Waals surface area contributed by atoms with Crippen molar-refractivity contribution in [3.63, 3.8) is 0 Å². The highest BCUT2D eigenvalue weighted by molar-refractivity contribution is 5.82. The number of amides is 1. The first kappa shape index (κ1) is 15.9. The molecule has 3 aromatic rings. The molecule has 0 saturated carbocycles. The molecule has 0 unspecified atom stereocenters. The Kier molecular flexibility index (Phi) is 4.98. The van der Waals surface area contributed by atoms with Crippen LogP contribution in [0.15, 0.2) is 66.9 Å². The quantitative estimate of drug-likeness (QED) is 0.756. The van der Waals surface area contributed by atoms with Gasteiger partial charge in [0.2, 0.25) is 0 Å². The molecule has 0 spiro atoms. The van der Waals surface area contributed by atoms with Gasteiger partial charge in [0.15, 0.2) is 6.10 Å². The zero-order valence-corrected chi connectivity index (χ0v) is 13.3. The summed E-state index contributed by atoms with van der Waals surface area (Å²) in [6, 6.07) is 19.1. The Morgan fingerprint density at radius 1 is 1.12 bits per heavy atom. The lowest BCUT2D eigenvalue weighted by Crippen LogP contribution is -2.30. The van der Waals surface area contributed by atoms with Gasteiger partial charge >= 0.3 is 0 Å². The normalized spacial score (nSPS) is 11.9. The third-order valence-electron chi connectivity index (χ3n) is 3.58. The van der Waals surface area contributed by atoms with Crippen molar-refractivity contribution in [2.75, 3.05) is 7.11 Å². The number of carbonyl (C=O) groups excluding carboxylic acids is 1. The van der Waals surface area contributed by atoms with E-state index in [1.54, 1.807) is 10.9 Å². The van der Waals surface area contributed by atoms with Crippen LogP contribution in [0.3, 0.4) is 0 Å². The summed E-state index contributed by atoms with van der Waals surface area (Å²) >= 11 is 0. The number of nitrogens with one attached hydrogen (secondary N) is 1. The molecule has 24 heavy (non-hydrogen) atoms. The first-order valence-corrected chi connectivity index (χ1v) is 7.60. The number of para-hydroxylation sites is 1. The number of benzene rings is 2. The Bertz CT molecular complexity index is 787. The van der Waals surface area contributed by atoms with Crippen LogP contribution in [0.2, 0.25) is 0 Å². The molecule has 122 valence electrons. The van der Waals surface area contributed by atoms with Crippen molar-refractivity contribution in [3.8, 4) is 5.69 Å². The standard InChI is InChI=1S/C18H18N4O2/c1-24-17(14-8-4-2-5-9-14)18(23)19-12-15-13-22(21-20-15)16-10-6-3-7-11-16/h2-11,13,17H,12H2,1H3,(H,19,23)/t17-/m1/s1. The maximum atomic E-state index is 12.3. The molecule has 0 aliphatic rings. The second-order valence-corrected chi connectivity index (χ2v) is 5.23. The van der Waals surface area contributed by atoms with Crippen molar-refractivity contribution in [1.29, 1.82) is 0 Å². The van der Waals surface area contributed by atoms with Gasteiger partial charge in [0.05, 0.1) is 18.4 Å². The van der Waals surface area contributed by atoms with Gasteiger partial charge in [0.1, 0.15) is 5.69 Å². The number of rotatable bonds is 6. The summed E-state index contributed by atoms with van der Waals surface area (Å²) in [7, 11) is 1.52. The predicted molar refractivity (Wildman–Crippen MR) is 89.4 cm³/mol. The third kappa shape index (κ3) is 3.67. The van der Waals surface area contributed by atoms with Crippen molar-refractivity contribution in [2.45, 2.75) is 12.6 Å². The molecule has 0 aliphatic carbocycles. The fourth-order valence-electron chi connectivity index (χ4n) is 2.38. The Morgan fingerprint density at radius 2 is 1.79 bits per heavy atom. The van der Waals surface area contributed by atoms with Crippen molar-refractivity contribution < 1.29 is 9.53 Å². The van der Waals surface area contributed by atoms with Crippen molar-refractivity contribution >= 4 is 5.91 Å². The van der Waals surface area contributed by atoms with E-state index >= 15 is 0 Å². The molecule has 6 heteroatoms. The van der Waals surface area contributed by atoms with E-state index in [4.69, 9.17) is 4.74 Å². The minimum Gasteiger partial charge on any atom is -0.367 e. The van der Waals surface area contributed by atoms with E-state index in [-0.39, 0.29) is 5.91 Å². The fraction of sp³-hybridized carbons (Fsp3) is 0.167. The van der Waals surface area contributed by atoms with Gasteiger partial charge in [-0.05, 0) is 17.7 Å². The molecule has 1 aromatic heterocycles. The molecule has 6 nitrogen and oxygen atoms in total. The highest BCUT2D eigenvalue weighted by Crippen LogP contribution is 2.16. The van der Waals surface area contributed by atoms with Crippen molar-refractivity contribution in [3.05, 3.63) is 78.1 Å². The average Bonchev–Trinajstić information content (AvgIpc) is 3.11. The van der Waals surface area contributed by atoms with E-state index in [1.165, 1.54) is 7.11 Å². The molecule has 0 fully saturated rings. The largest absolute Gasteiger partial charge is 0.367 e. The second kappa shape index (κ2) is 7.52. The van der Waals surface area contributed by atoms with Crippen LogP contribution in [0.25, 0.3) is 5.69 Å². The van der Waals surface area contributed by atoms with Gasteiger partial charge in [-0.15, -0.1) is 5.10 Å². The molecular formula is C18H18N4O2. The Morgan fingerprint density at radius 3 is 2.46 bits per heavy atom. The number of aromatic nitrogens is 3. The molecule has 1 heterocycles. The van der Waals surface area contributed by atoms with Crippen LogP contribution in [0.5, 0.6) is 0 Å². The SMILES string of the molecule is CO[C@@H](C(=O)NCc1cn(-c2ccccc2)nn1)c1ccccc1. The van der Waals surface area contributed by atoms with Gasteiger partial charge in [0.25, 0.3) is 5.91 Å². The number of methoxy groups -OCH3 is 1. The molecular weight excluding hydrogens is 304 g/mol. The summed E-state index contributed by atoms with van der Waals surface area (Å²) in [6.45, 7) is 0.290. The van der Waals surface area contributed by atoms with Gasteiger partial charge in [-0.1, -0.05) is 53.7 Å². The van der Waals surface area contributed by atoms with Gasteiger partial charge in [-0.25, -0.2) is 4.68 Å². The predicted octanol–water partition coefficient (Wildman–Crippen LogP) is 2.27. The van der Waals surface area contributed by atoms with Crippen LogP contribution >= 0.6 is 0 Å². The Labute approximate surface area is 140 Å².